The van der Waals surface area contributed by atoms with Gasteiger partial charge in [-0.25, -0.2) is 9.97 Å². The number of rotatable bonds is 5. The third kappa shape index (κ3) is 4.49. The Morgan fingerprint density at radius 3 is 2.67 bits per heavy atom. The van der Waals surface area contributed by atoms with Gasteiger partial charge in [0, 0.05) is 44.2 Å². The molecule has 24 heavy (non-hydrogen) atoms. The Morgan fingerprint density at radius 2 is 2.00 bits per heavy atom. The molecule has 7 nitrogen and oxygen atoms in total. The van der Waals surface area contributed by atoms with Gasteiger partial charge in [0.25, 0.3) is 0 Å². The third-order valence-electron chi connectivity index (χ3n) is 4.61. The normalized spacial score (nSPS) is 25.4. The van der Waals surface area contributed by atoms with Gasteiger partial charge in [-0.2, -0.15) is 0 Å². The topological polar surface area (TPSA) is 76.6 Å². The fourth-order valence-corrected chi connectivity index (χ4v) is 3.05. The summed E-state index contributed by atoms with van der Waals surface area (Å²) in [5, 5.41) is 2.92. The molecule has 1 aromatic heterocycles. The maximum atomic E-state index is 12.0. The highest BCUT2D eigenvalue weighted by molar-refractivity contribution is 5.77. The van der Waals surface area contributed by atoms with Gasteiger partial charge >= 0.3 is 0 Å². The number of morpholine rings is 1. The first-order chi connectivity index (χ1) is 11.7. The standard InChI is InChI=1S/C17H26N4O3/c1-17(4-2-3-7-24-17)16-19-11-14(12-20-16)10-18-15(22)13-21-5-8-23-9-6-21/h11-12H,2-10,13H2,1H3,(H,18,22). The summed E-state index contributed by atoms with van der Waals surface area (Å²) in [4.78, 5) is 23.0. The molecule has 7 heteroatoms. The second kappa shape index (κ2) is 8.00. The maximum absolute atomic E-state index is 12.0. The molecule has 2 aliphatic heterocycles. The van der Waals surface area contributed by atoms with E-state index in [0.29, 0.717) is 26.3 Å². The van der Waals surface area contributed by atoms with Crippen molar-refractivity contribution in [1.82, 2.24) is 20.2 Å². The summed E-state index contributed by atoms with van der Waals surface area (Å²) in [7, 11) is 0. The molecule has 2 saturated heterocycles. The van der Waals surface area contributed by atoms with Crippen LogP contribution in [0, 0.1) is 0 Å². The van der Waals surface area contributed by atoms with Crippen molar-refractivity contribution in [3.63, 3.8) is 0 Å². The monoisotopic (exact) mass is 334 g/mol. The van der Waals surface area contributed by atoms with Crippen LogP contribution < -0.4 is 5.32 Å². The van der Waals surface area contributed by atoms with Crippen LogP contribution in [0.2, 0.25) is 0 Å². The Labute approximate surface area is 142 Å². The molecule has 0 bridgehead atoms. The van der Waals surface area contributed by atoms with Gasteiger partial charge < -0.3 is 14.8 Å². The van der Waals surface area contributed by atoms with Crippen molar-refractivity contribution in [3.05, 3.63) is 23.8 Å². The number of aromatic nitrogens is 2. The highest BCUT2D eigenvalue weighted by atomic mass is 16.5. The van der Waals surface area contributed by atoms with Crippen molar-refractivity contribution in [2.75, 3.05) is 39.5 Å². The van der Waals surface area contributed by atoms with Crippen LogP contribution in [-0.4, -0.2) is 60.2 Å². The predicted octanol–water partition coefficient (Wildman–Crippen LogP) is 0.841. The second-order valence-corrected chi connectivity index (χ2v) is 6.62. The average Bonchev–Trinajstić information content (AvgIpc) is 2.62. The Kier molecular flexibility index (Phi) is 5.76. The molecular formula is C17H26N4O3. The minimum atomic E-state index is -0.379. The molecule has 1 N–H and O–H groups in total. The zero-order valence-electron chi connectivity index (χ0n) is 14.3. The number of nitrogens with one attached hydrogen (secondary N) is 1. The van der Waals surface area contributed by atoms with Crippen molar-refractivity contribution in [3.8, 4) is 0 Å². The van der Waals surface area contributed by atoms with Crippen LogP contribution in [0.15, 0.2) is 12.4 Å². The fourth-order valence-electron chi connectivity index (χ4n) is 3.05. The number of nitrogens with zero attached hydrogens (tertiary/aromatic N) is 3. The van der Waals surface area contributed by atoms with Crippen LogP contribution in [0.25, 0.3) is 0 Å². The van der Waals surface area contributed by atoms with E-state index in [1.807, 2.05) is 6.92 Å². The van der Waals surface area contributed by atoms with Gasteiger partial charge in [-0.05, 0) is 26.2 Å². The highest BCUT2D eigenvalue weighted by Crippen LogP contribution is 2.32. The summed E-state index contributed by atoms with van der Waals surface area (Å²) < 4.78 is 11.1. The molecule has 0 aromatic carbocycles. The molecule has 0 aliphatic carbocycles. The fraction of sp³-hybridized carbons (Fsp3) is 0.706. The second-order valence-electron chi connectivity index (χ2n) is 6.62. The third-order valence-corrected chi connectivity index (χ3v) is 4.61. The van der Waals surface area contributed by atoms with Gasteiger partial charge in [0.2, 0.25) is 5.91 Å². The van der Waals surface area contributed by atoms with Crippen molar-refractivity contribution in [2.45, 2.75) is 38.3 Å². The lowest BCUT2D eigenvalue weighted by atomic mass is 9.95. The Hall–Kier alpha value is -1.57. The van der Waals surface area contributed by atoms with E-state index >= 15 is 0 Å². The van der Waals surface area contributed by atoms with Gasteiger partial charge in [-0.3, -0.25) is 9.69 Å². The first-order valence-corrected chi connectivity index (χ1v) is 8.68. The lowest BCUT2D eigenvalue weighted by Gasteiger charge is -2.32. The predicted molar refractivity (Wildman–Crippen MR) is 88.3 cm³/mol. The number of hydrogen-bond donors (Lipinski definition) is 1. The van der Waals surface area contributed by atoms with E-state index in [4.69, 9.17) is 9.47 Å². The lowest BCUT2D eigenvalue weighted by molar-refractivity contribution is -0.123. The van der Waals surface area contributed by atoms with Crippen LogP contribution in [0.4, 0.5) is 0 Å². The smallest absolute Gasteiger partial charge is 0.234 e. The number of carbonyl (C=O) groups is 1. The minimum Gasteiger partial charge on any atom is -0.379 e. The molecule has 3 rings (SSSR count). The van der Waals surface area contributed by atoms with Crippen LogP contribution in [0.1, 0.15) is 37.6 Å². The molecule has 1 unspecified atom stereocenters. The van der Waals surface area contributed by atoms with Crippen molar-refractivity contribution in [1.29, 1.82) is 0 Å². The van der Waals surface area contributed by atoms with E-state index in [1.54, 1.807) is 12.4 Å². The molecule has 2 aliphatic rings. The van der Waals surface area contributed by atoms with E-state index in [0.717, 1.165) is 50.3 Å². The van der Waals surface area contributed by atoms with Crippen LogP contribution in [0.5, 0.6) is 0 Å². The number of carbonyl (C=O) groups excluding carboxylic acids is 1. The molecule has 1 aromatic rings. The van der Waals surface area contributed by atoms with Gasteiger partial charge in [0.1, 0.15) is 5.60 Å². The van der Waals surface area contributed by atoms with Gasteiger partial charge in [0.05, 0.1) is 19.8 Å². The average molecular weight is 334 g/mol. The summed E-state index contributed by atoms with van der Waals surface area (Å²) in [5.74, 6) is 0.745. The van der Waals surface area contributed by atoms with E-state index in [2.05, 4.69) is 20.2 Å². The first kappa shape index (κ1) is 17.3. The molecule has 0 radical (unpaired) electrons. The van der Waals surface area contributed by atoms with Crippen LogP contribution in [0.3, 0.4) is 0 Å². The SMILES string of the molecule is CC1(c2ncc(CNC(=O)CN3CCOCC3)cn2)CCCCO1. The molecule has 1 amide bonds. The quantitative estimate of drug-likeness (QED) is 0.860. The largest absolute Gasteiger partial charge is 0.379 e. The summed E-state index contributed by atoms with van der Waals surface area (Å²) in [5.41, 5.74) is 0.518. The van der Waals surface area contributed by atoms with E-state index < -0.39 is 0 Å². The zero-order chi connectivity index (χ0) is 16.8. The molecule has 1 atom stereocenters. The first-order valence-electron chi connectivity index (χ1n) is 8.68. The summed E-state index contributed by atoms with van der Waals surface area (Å²) in [6.45, 7) is 6.68. The summed E-state index contributed by atoms with van der Waals surface area (Å²) in [6, 6.07) is 0. The zero-order valence-corrected chi connectivity index (χ0v) is 14.3. The molecule has 132 valence electrons. The van der Waals surface area contributed by atoms with E-state index in [-0.39, 0.29) is 11.5 Å². The lowest BCUT2D eigenvalue weighted by Crippen LogP contribution is -2.43. The van der Waals surface area contributed by atoms with Gasteiger partial charge in [0.15, 0.2) is 5.82 Å². The molecule has 2 fully saturated rings. The molecule has 3 heterocycles. The van der Waals surface area contributed by atoms with Crippen LogP contribution >= 0.6 is 0 Å². The maximum Gasteiger partial charge on any atom is 0.234 e. The molecule has 0 spiro atoms. The van der Waals surface area contributed by atoms with E-state index in [9.17, 15) is 4.79 Å². The van der Waals surface area contributed by atoms with Gasteiger partial charge in [-0.1, -0.05) is 0 Å². The Bertz CT molecular complexity index is 537. The molecule has 0 saturated carbocycles. The van der Waals surface area contributed by atoms with Crippen molar-refractivity contribution >= 4 is 5.91 Å². The van der Waals surface area contributed by atoms with Crippen molar-refractivity contribution < 1.29 is 14.3 Å². The Balaban J connectivity index is 1.48. The van der Waals surface area contributed by atoms with Crippen LogP contribution in [-0.2, 0) is 26.4 Å². The highest BCUT2D eigenvalue weighted by Gasteiger charge is 2.32. The van der Waals surface area contributed by atoms with Gasteiger partial charge in [-0.15, -0.1) is 0 Å². The number of hydrogen-bond acceptors (Lipinski definition) is 6. The van der Waals surface area contributed by atoms with Crippen molar-refractivity contribution in [2.24, 2.45) is 0 Å². The summed E-state index contributed by atoms with van der Waals surface area (Å²) in [6.07, 6.45) is 6.74. The number of ether oxygens (including phenoxy) is 2. The summed E-state index contributed by atoms with van der Waals surface area (Å²) >= 11 is 0. The molecular weight excluding hydrogens is 308 g/mol. The Morgan fingerprint density at radius 1 is 1.25 bits per heavy atom. The number of amides is 1. The minimum absolute atomic E-state index is 0.0172. The van der Waals surface area contributed by atoms with E-state index in [1.165, 1.54) is 0 Å².